The highest BCUT2D eigenvalue weighted by molar-refractivity contribution is 6.30. The van der Waals surface area contributed by atoms with Crippen LogP contribution in [-0.4, -0.2) is 76.6 Å². The lowest BCUT2D eigenvalue weighted by Crippen LogP contribution is -2.52. The SMILES string of the molecule is CCN(C(=O)O)[C@@H]1CN(C(=O)C2CCN(c3ccccn3)CC2C(N)=O)C[C@H]1c1ccc(Cl)c(F)c1. The number of halogens is 2. The summed E-state index contributed by atoms with van der Waals surface area (Å²) in [5.41, 5.74) is 6.29. The monoisotopic (exact) mass is 517 g/mol. The number of likely N-dealkylation sites (tertiary alicyclic amines) is 1. The molecule has 4 atom stereocenters. The number of aromatic nitrogens is 1. The summed E-state index contributed by atoms with van der Waals surface area (Å²) in [7, 11) is 0. The first-order chi connectivity index (χ1) is 17.2. The molecule has 0 radical (unpaired) electrons. The lowest BCUT2D eigenvalue weighted by molar-refractivity contribution is -0.141. The predicted molar refractivity (Wildman–Crippen MR) is 132 cm³/mol. The number of carbonyl (C=O) groups is 3. The van der Waals surface area contributed by atoms with Crippen molar-refractivity contribution in [3.05, 3.63) is 59.0 Å². The number of pyridine rings is 1. The average molecular weight is 518 g/mol. The molecule has 3 amide bonds. The number of benzene rings is 1. The number of nitrogens with zero attached hydrogens (tertiary/aromatic N) is 4. The molecule has 2 aromatic rings. The Balaban J connectivity index is 1.58. The fourth-order valence-corrected chi connectivity index (χ4v) is 5.50. The molecule has 4 rings (SSSR count). The number of rotatable bonds is 6. The molecule has 9 nitrogen and oxygen atoms in total. The van der Waals surface area contributed by atoms with Crippen LogP contribution in [0.3, 0.4) is 0 Å². The van der Waals surface area contributed by atoms with E-state index < -0.39 is 41.6 Å². The minimum absolute atomic E-state index is 0.0317. The van der Waals surface area contributed by atoms with Crippen LogP contribution in [0.15, 0.2) is 42.6 Å². The number of primary amides is 1. The zero-order valence-corrected chi connectivity index (χ0v) is 20.6. The number of nitrogens with two attached hydrogens (primary N) is 1. The van der Waals surface area contributed by atoms with E-state index in [1.807, 2.05) is 17.0 Å². The van der Waals surface area contributed by atoms with Crippen LogP contribution in [0.1, 0.15) is 24.8 Å². The molecule has 2 unspecified atom stereocenters. The van der Waals surface area contributed by atoms with Gasteiger partial charge in [-0.3, -0.25) is 9.59 Å². The Kier molecular flexibility index (Phi) is 7.63. The normalized spacial score (nSPS) is 24.0. The van der Waals surface area contributed by atoms with Crippen LogP contribution in [0, 0.1) is 17.7 Å². The molecule has 1 aromatic carbocycles. The van der Waals surface area contributed by atoms with Gasteiger partial charge in [-0.1, -0.05) is 23.7 Å². The Morgan fingerprint density at radius 2 is 1.97 bits per heavy atom. The van der Waals surface area contributed by atoms with Crippen LogP contribution in [0.2, 0.25) is 5.02 Å². The summed E-state index contributed by atoms with van der Waals surface area (Å²) in [5.74, 6) is -2.52. The van der Waals surface area contributed by atoms with Crippen LogP contribution in [-0.2, 0) is 9.59 Å². The smallest absolute Gasteiger partial charge is 0.407 e. The highest BCUT2D eigenvalue weighted by Gasteiger charge is 2.46. The molecular weight excluding hydrogens is 489 g/mol. The molecule has 2 aliphatic rings. The van der Waals surface area contributed by atoms with Gasteiger partial charge in [0.2, 0.25) is 11.8 Å². The summed E-state index contributed by atoms with van der Waals surface area (Å²) in [4.78, 5) is 47.2. The number of hydrogen-bond donors (Lipinski definition) is 2. The van der Waals surface area contributed by atoms with Crippen LogP contribution < -0.4 is 10.6 Å². The van der Waals surface area contributed by atoms with E-state index in [4.69, 9.17) is 17.3 Å². The van der Waals surface area contributed by atoms with Gasteiger partial charge in [0, 0.05) is 44.8 Å². The first kappa shape index (κ1) is 25.7. The minimum Gasteiger partial charge on any atom is -0.465 e. The first-order valence-electron chi connectivity index (χ1n) is 11.9. The van der Waals surface area contributed by atoms with Crippen LogP contribution >= 0.6 is 11.6 Å². The fourth-order valence-electron chi connectivity index (χ4n) is 5.38. The van der Waals surface area contributed by atoms with Gasteiger partial charge in [-0.2, -0.15) is 0 Å². The lowest BCUT2D eigenvalue weighted by atomic mass is 9.83. The van der Waals surface area contributed by atoms with Gasteiger partial charge in [-0.15, -0.1) is 0 Å². The number of hydrogen-bond acceptors (Lipinski definition) is 5. The largest absolute Gasteiger partial charge is 0.465 e. The zero-order chi connectivity index (χ0) is 26.0. The summed E-state index contributed by atoms with van der Waals surface area (Å²) in [6.45, 7) is 3.05. The molecule has 0 aliphatic carbocycles. The van der Waals surface area contributed by atoms with Crippen molar-refractivity contribution in [2.45, 2.75) is 25.3 Å². The third-order valence-corrected chi connectivity index (χ3v) is 7.53. The maximum absolute atomic E-state index is 14.3. The van der Waals surface area contributed by atoms with Crippen molar-refractivity contribution >= 4 is 35.3 Å². The molecule has 0 saturated carbocycles. The molecule has 0 bridgehead atoms. The number of carbonyl (C=O) groups excluding carboxylic acids is 2. The zero-order valence-electron chi connectivity index (χ0n) is 19.9. The fraction of sp³-hybridized carbons (Fsp3) is 0.440. The van der Waals surface area contributed by atoms with Gasteiger partial charge in [-0.05, 0) is 43.2 Å². The van der Waals surface area contributed by atoms with Crippen LogP contribution in [0.4, 0.5) is 15.0 Å². The molecule has 2 saturated heterocycles. The molecule has 3 N–H and O–H groups in total. The van der Waals surface area contributed by atoms with Gasteiger partial charge in [0.15, 0.2) is 0 Å². The molecule has 2 fully saturated rings. The van der Waals surface area contributed by atoms with E-state index in [0.29, 0.717) is 24.3 Å². The van der Waals surface area contributed by atoms with Crippen molar-refractivity contribution in [1.82, 2.24) is 14.8 Å². The van der Waals surface area contributed by atoms with E-state index in [-0.39, 0.29) is 37.1 Å². The molecule has 11 heteroatoms. The first-order valence-corrected chi connectivity index (χ1v) is 12.3. The maximum atomic E-state index is 14.3. The minimum atomic E-state index is -1.12. The van der Waals surface area contributed by atoms with Gasteiger partial charge in [-0.25, -0.2) is 14.2 Å². The lowest BCUT2D eigenvalue weighted by Gasteiger charge is -2.38. The predicted octanol–water partition coefficient (Wildman–Crippen LogP) is 2.80. The van der Waals surface area contributed by atoms with Crippen molar-refractivity contribution in [3.63, 3.8) is 0 Å². The quantitative estimate of drug-likeness (QED) is 0.608. The molecule has 192 valence electrons. The number of piperidine rings is 1. The van der Waals surface area contributed by atoms with E-state index in [1.165, 1.54) is 17.0 Å². The molecule has 36 heavy (non-hydrogen) atoms. The highest BCUT2D eigenvalue weighted by atomic mass is 35.5. The summed E-state index contributed by atoms with van der Waals surface area (Å²) in [6.07, 6.45) is 0.952. The summed E-state index contributed by atoms with van der Waals surface area (Å²) >= 11 is 5.85. The van der Waals surface area contributed by atoms with Crippen molar-refractivity contribution in [3.8, 4) is 0 Å². The molecular formula is C25H29ClFN5O4. The Labute approximate surface area is 213 Å². The van der Waals surface area contributed by atoms with E-state index >= 15 is 0 Å². The number of anilines is 1. The Morgan fingerprint density at radius 3 is 2.58 bits per heavy atom. The van der Waals surface area contributed by atoms with Gasteiger partial charge in [0.25, 0.3) is 0 Å². The van der Waals surface area contributed by atoms with E-state index in [0.717, 1.165) is 0 Å². The summed E-state index contributed by atoms with van der Waals surface area (Å²) < 4.78 is 14.3. The average Bonchev–Trinajstić information content (AvgIpc) is 3.30. The van der Waals surface area contributed by atoms with Crippen molar-refractivity contribution in [2.75, 3.05) is 37.6 Å². The molecule has 0 spiro atoms. The number of likely N-dealkylation sites (N-methyl/N-ethyl adjacent to an activating group) is 1. The Bertz CT molecular complexity index is 1140. The Hall–Kier alpha value is -3.40. The molecule has 2 aliphatic heterocycles. The van der Waals surface area contributed by atoms with E-state index in [2.05, 4.69) is 4.98 Å². The number of carboxylic acid groups (broad SMARTS) is 1. The summed E-state index contributed by atoms with van der Waals surface area (Å²) in [5, 5.41) is 9.75. The Morgan fingerprint density at radius 1 is 1.19 bits per heavy atom. The highest BCUT2D eigenvalue weighted by Crippen LogP contribution is 2.36. The molecule has 1 aromatic heterocycles. The third-order valence-electron chi connectivity index (χ3n) is 7.23. The molecule has 3 heterocycles. The van der Waals surface area contributed by atoms with Crippen LogP contribution in [0.25, 0.3) is 0 Å². The number of amides is 3. The van der Waals surface area contributed by atoms with E-state index in [1.54, 1.807) is 30.2 Å². The van der Waals surface area contributed by atoms with Crippen LogP contribution in [0.5, 0.6) is 0 Å². The second-order valence-corrected chi connectivity index (χ2v) is 9.60. The third kappa shape index (κ3) is 5.09. The summed E-state index contributed by atoms with van der Waals surface area (Å²) in [6, 6.07) is 9.30. The van der Waals surface area contributed by atoms with Crippen molar-refractivity contribution in [1.29, 1.82) is 0 Å². The topological polar surface area (TPSA) is 120 Å². The maximum Gasteiger partial charge on any atom is 0.407 e. The standard InChI is InChI=1S/C25H29ClFN5O4/c1-2-32(25(35)36)21-14-31(12-17(21)15-6-7-19(26)20(27)11-15)24(34)16-8-10-30(13-18(16)23(28)33)22-5-3-4-9-29-22/h3-7,9,11,16-18,21H,2,8,10,12-14H2,1H3,(H2,28,33)(H,35,36)/t16?,17-,18?,21+/m0/s1. The van der Waals surface area contributed by atoms with Gasteiger partial charge in [0.05, 0.1) is 22.9 Å². The van der Waals surface area contributed by atoms with Gasteiger partial charge >= 0.3 is 6.09 Å². The van der Waals surface area contributed by atoms with Gasteiger partial charge in [0.1, 0.15) is 11.6 Å². The van der Waals surface area contributed by atoms with Gasteiger partial charge < -0.3 is 25.5 Å². The van der Waals surface area contributed by atoms with Crippen molar-refractivity contribution in [2.24, 2.45) is 17.6 Å². The second-order valence-electron chi connectivity index (χ2n) is 9.20. The second kappa shape index (κ2) is 10.7. The van der Waals surface area contributed by atoms with E-state index in [9.17, 15) is 23.9 Å². The van der Waals surface area contributed by atoms with Crippen molar-refractivity contribution < 1.29 is 23.9 Å².